The SMILES string of the molecule is C=CSC(=NC)C1=NCC(C(=O)OCC)=C(CN(C)CCOCC(C)CC(=O)O)N1.Fc1cccc(Br)c1. The molecule has 9 nitrogen and oxygen atoms in total. The van der Waals surface area contributed by atoms with Crippen LogP contribution in [0.3, 0.4) is 0 Å². The zero-order valence-corrected chi connectivity index (χ0v) is 24.6. The van der Waals surface area contributed by atoms with Crippen molar-refractivity contribution < 1.29 is 28.6 Å². The van der Waals surface area contributed by atoms with E-state index in [2.05, 4.69) is 37.8 Å². The monoisotopic (exact) mass is 614 g/mol. The van der Waals surface area contributed by atoms with E-state index < -0.39 is 5.97 Å². The van der Waals surface area contributed by atoms with Crippen LogP contribution in [0.1, 0.15) is 20.3 Å². The summed E-state index contributed by atoms with van der Waals surface area (Å²) in [6.07, 6.45) is 0.0850. The summed E-state index contributed by atoms with van der Waals surface area (Å²) < 4.78 is 23.7. The van der Waals surface area contributed by atoms with Gasteiger partial charge in [0.05, 0.1) is 31.8 Å². The highest BCUT2D eigenvalue weighted by molar-refractivity contribution is 9.10. The third-order valence-electron chi connectivity index (χ3n) is 4.91. The van der Waals surface area contributed by atoms with Crippen LogP contribution in [-0.4, -0.2) is 86.4 Å². The van der Waals surface area contributed by atoms with Crippen LogP contribution >= 0.6 is 27.7 Å². The lowest BCUT2D eigenvalue weighted by Crippen LogP contribution is -2.40. The molecule has 0 saturated heterocycles. The molecule has 0 radical (unpaired) electrons. The number of carbonyl (C=O) groups is 2. The minimum Gasteiger partial charge on any atom is -0.481 e. The van der Waals surface area contributed by atoms with Gasteiger partial charge in [0.25, 0.3) is 0 Å². The Labute approximate surface area is 236 Å². The maximum atomic E-state index is 12.4. The summed E-state index contributed by atoms with van der Waals surface area (Å²) in [4.78, 5) is 33.7. The summed E-state index contributed by atoms with van der Waals surface area (Å²) in [7, 11) is 3.59. The second-order valence-corrected chi connectivity index (χ2v) is 10.1. The van der Waals surface area contributed by atoms with Crippen molar-refractivity contribution in [3.63, 3.8) is 0 Å². The summed E-state index contributed by atoms with van der Waals surface area (Å²) in [6.45, 7) is 9.75. The van der Waals surface area contributed by atoms with Gasteiger partial charge in [-0.25, -0.2) is 9.18 Å². The number of carbonyl (C=O) groups excluding carboxylic acids is 1. The number of aliphatic carboxylic acids is 1. The molecule has 38 heavy (non-hydrogen) atoms. The van der Waals surface area contributed by atoms with E-state index in [9.17, 15) is 14.0 Å². The number of carboxylic acids is 1. The highest BCUT2D eigenvalue weighted by atomic mass is 79.9. The van der Waals surface area contributed by atoms with Crippen LogP contribution in [-0.2, 0) is 19.1 Å². The molecule has 12 heteroatoms. The van der Waals surface area contributed by atoms with Gasteiger partial charge in [0.1, 0.15) is 10.9 Å². The molecule has 2 rings (SSSR count). The fourth-order valence-corrected chi connectivity index (χ4v) is 4.00. The summed E-state index contributed by atoms with van der Waals surface area (Å²) in [6, 6.07) is 6.26. The molecule has 2 N–H and O–H groups in total. The molecule has 1 unspecified atom stereocenters. The number of amidine groups is 1. The molecule has 0 bridgehead atoms. The number of hydrogen-bond acceptors (Lipinski definition) is 9. The molecule has 0 fully saturated rings. The molecule has 1 heterocycles. The molecule has 210 valence electrons. The van der Waals surface area contributed by atoms with Crippen LogP contribution in [0, 0.1) is 11.7 Å². The van der Waals surface area contributed by atoms with E-state index in [1.807, 2.05) is 18.9 Å². The fraction of sp³-hybridized carbons (Fsp3) is 0.462. The van der Waals surface area contributed by atoms with Gasteiger partial charge in [0.2, 0.25) is 0 Å². The number of likely N-dealkylation sites (N-methyl/N-ethyl adjacent to an activating group) is 1. The predicted octanol–water partition coefficient (Wildman–Crippen LogP) is 4.36. The quantitative estimate of drug-likeness (QED) is 0.146. The number of rotatable bonds is 13. The fourth-order valence-electron chi connectivity index (χ4n) is 3.14. The number of benzene rings is 1. The number of aliphatic imine (C=N–C) groups is 2. The van der Waals surface area contributed by atoms with Crippen molar-refractivity contribution in [1.29, 1.82) is 0 Å². The highest BCUT2D eigenvalue weighted by Crippen LogP contribution is 2.15. The number of hydrogen-bond donors (Lipinski definition) is 2. The van der Waals surface area contributed by atoms with Gasteiger partial charge in [-0.2, -0.15) is 0 Å². The van der Waals surface area contributed by atoms with Crippen molar-refractivity contribution in [2.45, 2.75) is 20.3 Å². The summed E-state index contributed by atoms with van der Waals surface area (Å²) in [5, 5.41) is 14.4. The Balaban J connectivity index is 0.000000763. The minimum absolute atomic E-state index is 0.0428. The Morgan fingerprint density at radius 2 is 2.18 bits per heavy atom. The predicted molar refractivity (Wildman–Crippen MR) is 154 cm³/mol. The second-order valence-electron chi connectivity index (χ2n) is 8.24. The number of nitrogens with zero attached hydrogens (tertiary/aromatic N) is 3. The maximum Gasteiger partial charge on any atom is 0.337 e. The Morgan fingerprint density at radius 3 is 2.74 bits per heavy atom. The third kappa shape index (κ3) is 13.3. The van der Waals surface area contributed by atoms with E-state index in [4.69, 9.17) is 14.6 Å². The molecule has 1 aliphatic rings. The number of esters is 1. The molecule has 1 aromatic carbocycles. The number of thioether (sulfide) groups is 1. The van der Waals surface area contributed by atoms with Crippen molar-refractivity contribution in [3.05, 3.63) is 57.8 Å². The van der Waals surface area contributed by atoms with E-state index in [1.165, 1.54) is 23.9 Å². The van der Waals surface area contributed by atoms with Gasteiger partial charge in [0.15, 0.2) is 5.84 Å². The smallest absolute Gasteiger partial charge is 0.337 e. The van der Waals surface area contributed by atoms with Crippen LogP contribution in [0.2, 0.25) is 0 Å². The maximum absolute atomic E-state index is 12.4. The summed E-state index contributed by atoms with van der Waals surface area (Å²) >= 11 is 4.48. The second kappa shape index (κ2) is 18.7. The molecule has 0 aliphatic carbocycles. The Bertz CT molecular complexity index is 1020. The van der Waals surface area contributed by atoms with Crippen molar-refractivity contribution in [1.82, 2.24) is 10.2 Å². The lowest BCUT2D eigenvalue weighted by molar-refractivity contribution is -0.139. The van der Waals surface area contributed by atoms with Crippen LogP contribution in [0.25, 0.3) is 0 Å². The van der Waals surface area contributed by atoms with Gasteiger partial charge in [-0.05, 0) is 43.5 Å². The number of carboxylic acid groups (broad SMARTS) is 1. The number of halogens is 2. The minimum atomic E-state index is -0.827. The van der Waals surface area contributed by atoms with E-state index in [1.54, 1.807) is 31.5 Å². The average Bonchev–Trinajstić information content (AvgIpc) is 2.85. The van der Waals surface area contributed by atoms with E-state index in [-0.39, 0.29) is 30.7 Å². The Hall–Kier alpha value is -2.54. The first-order valence-corrected chi connectivity index (χ1v) is 13.6. The Morgan fingerprint density at radius 1 is 1.45 bits per heavy atom. The molecule has 1 aliphatic heterocycles. The molecule has 0 amide bonds. The van der Waals surface area contributed by atoms with Crippen LogP contribution in [0.4, 0.5) is 4.39 Å². The van der Waals surface area contributed by atoms with Gasteiger partial charge >= 0.3 is 11.9 Å². The highest BCUT2D eigenvalue weighted by Gasteiger charge is 2.24. The van der Waals surface area contributed by atoms with Gasteiger partial charge in [-0.15, -0.1) is 0 Å². The summed E-state index contributed by atoms with van der Waals surface area (Å²) in [5.74, 6) is -0.871. The van der Waals surface area contributed by atoms with Crippen LogP contribution in [0.15, 0.2) is 62.0 Å². The van der Waals surface area contributed by atoms with Gasteiger partial charge < -0.3 is 19.9 Å². The van der Waals surface area contributed by atoms with Gasteiger partial charge in [0, 0.05) is 36.9 Å². The topological polar surface area (TPSA) is 113 Å². The number of ether oxygens (including phenoxy) is 2. The average molecular weight is 616 g/mol. The molecule has 0 saturated carbocycles. The molecule has 1 atom stereocenters. The van der Waals surface area contributed by atoms with Gasteiger partial charge in [-0.1, -0.05) is 47.3 Å². The van der Waals surface area contributed by atoms with Gasteiger partial charge in [-0.3, -0.25) is 19.7 Å². The van der Waals surface area contributed by atoms with E-state index in [0.717, 1.165) is 4.47 Å². The lowest BCUT2D eigenvalue weighted by atomic mass is 10.1. The summed E-state index contributed by atoms with van der Waals surface area (Å²) in [5.41, 5.74) is 1.20. The van der Waals surface area contributed by atoms with Crippen LogP contribution in [0.5, 0.6) is 0 Å². The molecular weight excluding hydrogens is 579 g/mol. The normalized spacial score (nSPS) is 14.2. The van der Waals surface area contributed by atoms with Crippen molar-refractivity contribution in [2.24, 2.45) is 15.9 Å². The molecule has 0 aromatic heterocycles. The largest absolute Gasteiger partial charge is 0.481 e. The standard InChI is InChI=1S/C20H32N4O5S.C6H4BrF/c1-6-29-20(27)15-11-22-18(19(21-4)30-7-2)23-16(15)12-24(5)8-9-28-13-14(3)10-17(25)26;7-5-2-1-3-6(8)4-5/h7,14H,2,6,8-13H2,1,3-5H3,(H,22,23)(H,25,26);1-4H. The van der Waals surface area contributed by atoms with Crippen molar-refractivity contribution in [3.8, 4) is 0 Å². The zero-order chi connectivity index (χ0) is 28.5. The van der Waals surface area contributed by atoms with Crippen LogP contribution < -0.4 is 5.32 Å². The molecule has 0 spiro atoms. The third-order valence-corrected chi connectivity index (χ3v) is 6.17. The zero-order valence-electron chi connectivity index (χ0n) is 22.2. The lowest BCUT2D eigenvalue weighted by Gasteiger charge is -2.25. The molecule has 1 aromatic rings. The van der Waals surface area contributed by atoms with Crippen molar-refractivity contribution >= 4 is 50.5 Å². The number of nitrogens with one attached hydrogen (secondary N) is 1. The molecular formula is C26H36BrFN4O5S. The Kier molecular flexibility index (Phi) is 16.5. The first kappa shape index (κ1) is 33.5. The first-order chi connectivity index (χ1) is 18.1. The van der Waals surface area contributed by atoms with Crippen molar-refractivity contribution in [2.75, 3.05) is 53.6 Å². The van der Waals surface area contributed by atoms with E-state index in [0.29, 0.717) is 55.1 Å². The van der Waals surface area contributed by atoms with E-state index >= 15 is 0 Å². The first-order valence-electron chi connectivity index (χ1n) is 12.0.